The van der Waals surface area contributed by atoms with Crippen LogP contribution < -0.4 is 0 Å². The van der Waals surface area contributed by atoms with Gasteiger partial charge in [0.25, 0.3) is 5.91 Å². The van der Waals surface area contributed by atoms with Crippen LogP contribution in [0.25, 0.3) is 0 Å². The second-order valence-electron chi connectivity index (χ2n) is 6.39. The number of amides is 1. The zero-order chi connectivity index (χ0) is 15.8. The summed E-state index contributed by atoms with van der Waals surface area (Å²) in [6.07, 6.45) is 4.32. The first-order chi connectivity index (χ1) is 11.2. The van der Waals surface area contributed by atoms with Gasteiger partial charge in [0.15, 0.2) is 0 Å². The Hall–Kier alpha value is -1.73. The van der Waals surface area contributed by atoms with Crippen LogP contribution in [0.4, 0.5) is 0 Å². The van der Waals surface area contributed by atoms with Crippen molar-refractivity contribution < 1.29 is 9.21 Å². The number of oxazole rings is 1. The van der Waals surface area contributed by atoms with Crippen molar-refractivity contribution in [2.45, 2.75) is 38.3 Å². The molecule has 1 saturated carbocycles. The smallest absolute Gasteiger partial charge is 0.273 e. The molecule has 2 aliphatic rings. The minimum Gasteiger partial charge on any atom is -0.444 e. The number of hydrogen-bond donors (Lipinski definition) is 0. The lowest BCUT2D eigenvalue weighted by atomic mass is 10.1. The highest BCUT2D eigenvalue weighted by atomic mass is 32.1. The number of thiazole rings is 1. The molecule has 3 heterocycles. The summed E-state index contributed by atoms with van der Waals surface area (Å²) < 4.78 is 5.84. The summed E-state index contributed by atoms with van der Waals surface area (Å²) in [5.74, 6) is 2.46. The van der Waals surface area contributed by atoms with Crippen molar-refractivity contribution >= 4 is 17.2 Å². The van der Waals surface area contributed by atoms with Gasteiger partial charge in [-0.05, 0) is 19.8 Å². The summed E-state index contributed by atoms with van der Waals surface area (Å²) >= 11 is 1.46. The molecule has 2 aromatic heterocycles. The summed E-state index contributed by atoms with van der Waals surface area (Å²) in [7, 11) is 0. The Morgan fingerprint density at radius 1 is 1.39 bits per heavy atom. The zero-order valence-electron chi connectivity index (χ0n) is 13.1. The molecule has 4 rings (SSSR count). The molecule has 1 aliphatic carbocycles. The standard InChI is InChI=1S/C16H20N4O2S/c1-11-7-19(8-15-17-6-14(22-15)12-2-3-12)4-5-20(11)16(21)13-9-23-10-18-13/h6,9-12H,2-5,7-8H2,1H3/t11-/m0/s1. The van der Waals surface area contributed by atoms with Crippen molar-refractivity contribution in [3.63, 3.8) is 0 Å². The largest absolute Gasteiger partial charge is 0.444 e. The van der Waals surface area contributed by atoms with Gasteiger partial charge >= 0.3 is 0 Å². The lowest BCUT2D eigenvalue weighted by molar-refractivity contribution is 0.0454. The summed E-state index contributed by atoms with van der Waals surface area (Å²) in [5, 5.41) is 1.81. The van der Waals surface area contributed by atoms with E-state index in [0.29, 0.717) is 18.2 Å². The fourth-order valence-corrected chi connectivity index (χ4v) is 3.61. The zero-order valence-corrected chi connectivity index (χ0v) is 14.0. The van der Waals surface area contributed by atoms with Crippen molar-refractivity contribution in [3.8, 4) is 0 Å². The Balaban J connectivity index is 1.35. The second-order valence-corrected chi connectivity index (χ2v) is 7.11. The number of carbonyl (C=O) groups excluding carboxylic acids is 1. The molecule has 23 heavy (non-hydrogen) atoms. The van der Waals surface area contributed by atoms with Crippen LogP contribution in [0.1, 0.15) is 47.8 Å². The fourth-order valence-electron chi connectivity index (χ4n) is 3.09. The van der Waals surface area contributed by atoms with Crippen LogP contribution in [-0.4, -0.2) is 51.4 Å². The molecule has 122 valence electrons. The van der Waals surface area contributed by atoms with Crippen LogP contribution >= 0.6 is 11.3 Å². The molecule has 0 bridgehead atoms. The summed E-state index contributed by atoms with van der Waals surface area (Å²) in [4.78, 5) is 25.2. The maximum absolute atomic E-state index is 12.4. The van der Waals surface area contributed by atoms with Crippen LogP contribution in [0.15, 0.2) is 21.5 Å². The van der Waals surface area contributed by atoms with Crippen molar-refractivity contribution in [2.24, 2.45) is 0 Å². The van der Waals surface area contributed by atoms with Gasteiger partial charge in [-0.1, -0.05) is 0 Å². The molecule has 0 N–H and O–H groups in total. The molecule has 2 fully saturated rings. The van der Waals surface area contributed by atoms with Gasteiger partial charge in [-0.25, -0.2) is 9.97 Å². The highest BCUT2D eigenvalue weighted by Gasteiger charge is 2.31. The minimum atomic E-state index is 0.0329. The second kappa shape index (κ2) is 6.05. The quantitative estimate of drug-likeness (QED) is 0.860. The summed E-state index contributed by atoms with van der Waals surface area (Å²) in [6.45, 7) is 5.18. The van der Waals surface area contributed by atoms with E-state index >= 15 is 0 Å². The van der Waals surface area contributed by atoms with E-state index in [1.54, 1.807) is 5.51 Å². The first kappa shape index (κ1) is 14.8. The lowest BCUT2D eigenvalue weighted by Gasteiger charge is -2.39. The van der Waals surface area contributed by atoms with Gasteiger partial charge in [0.2, 0.25) is 5.89 Å². The summed E-state index contributed by atoms with van der Waals surface area (Å²) in [6, 6.07) is 0.163. The third kappa shape index (κ3) is 3.16. The average Bonchev–Trinajstić information content (AvgIpc) is 3.06. The van der Waals surface area contributed by atoms with Gasteiger partial charge in [0.1, 0.15) is 11.5 Å². The molecule has 1 atom stereocenters. The Morgan fingerprint density at radius 3 is 2.96 bits per heavy atom. The highest BCUT2D eigenvalue weighted by molar-refractivity contribution is 7.07. The predicted molar refractivity (Wildman–Crippen MR) is 86.4 cm³/mol. The number of carbonyl (C=O) groups is 1. The Kier molecular flexibility index (Phi) is 3.90. The Morgan fingerprint density at radius 2 is 2.26 bits per heavy atom. The van der Waals surface area contributed by atoms with E-state index in [-0.39, 0.29) is 11.9 Å². The molecule has 1 aliphatic heterocycles. The lowest BCUT2D eigenvalue weighted by Crippen LogP contribution is -2.53. The van der Waals surface area contributed by atoms with E-state index in [1.807, 2.05) is 16.5 Å². The van der Waals surface area contributed by atoms with Crippen molar-refractivity contribution in [3.05, 3.63) is 34.4 Å². The van der Waals surface area contributed by atoms with Crippen molar-refractivity contribution in [1.82, 2.24) is 19.8 Å². The number of aromatic nitrogens is 2. The first-order valence-electron chi connectivity index (χ1n) is 8.07. The van der Waals surface area contributed by atoms with Crippen LogP contribution in [0, 0.1) is 0 Å². The molecular formula is C16H20N4O2S. The molecule has 1 amide bonds. The number of hydrogen-bond acceptors (Lipinski definition) is 6. The molecule has 0 radical (unpaired) electrons. The topological polar surface area (TPSA) is 62.5 Å². The van der Waals surface area contributed by atoms with Gasteiger partial charge < -0.3 is 9.32 Å². The van der Waals surface area contributed by atoms with Crippen LogP contribution in [0.5, 0.6) is 0 Å². The Bertz CT molecular complexity index is 680. The molecule has 7 heteroatoms. The van der Waals surface area contributed by atoms with E-state index in [9.17, 15) is 4.79 Å². The minimum absolute atomic E-state index is 0.0329. The molecule has 2 aromatic rings. The van der Waals surface area contributed by atoms with Crippen LogP contribution in [-0.2, 0) is 6.54 Å². The van der Waals surface area contributed by atoms with Gasteiger partial charge in [0, 0.05) is 37.0 Å². The predicted octanol–water partition coefficient (Wildman–Crippen LogP) is 2.36. The van der Waals surface area contributed by atoms with Gasteiger partial charge in [0.05, 0.1) is 18.3 Å². The third-order valence-corrected chi connectivity index (χ3v) is 5.12. The number of rotatable bonds is 4. The van der Waals surface area contributed by atoms with E-state index in [4.69, 9.17) is 4.42 Å². The van der Waals surface area contributed by atoms with E-state index in [1.165, 1.54) is 24.2 Å². The Labute approximate surface area is 139 Å². The SMILES string of the molecule is C[C@H]1CN(Cc2ncc(C3CC3)o2)CCN1C(=O)c1cscn1. The molecule has 0 aromatic carbocycles. The monoisotopic (exact) mass is 332 g/mol. The van der Waals surface area contributed by atoms with Gasteiger partial charge in [-0.15, -0.1) is 11.3 Å². The van der Waals surface area contributed by atoms with E-state index in [0.717, 1.165) is 31.3 Å². The van der Waals surface area contributed by atoms with Crippen LogP contribution in [0.2, 0.25) is 0 Å². The van der Waals surface area contributed by atoms with E-state index in [2.05, 4.69) is 21.8 Å². The first-order valence-corrected chi connectivity index (χ1v) is 9.01. The maximum Gasteiger partial charge on any atom is 0.273 e. The van der Waals surface area contributed by atoms with Gasteiger partial charge in [-0.2, -0.15) is 0 Å². The molecular weight excluding hydrogens is 312 g/mol. The van der Waals surface area contributed by atoms with Gasteiger partial charge in [-0.3, -0.25) is 9.69 Å². The molecule has 0 spiro atoms. The number of nitrogens with zero attached hydrogens (tertiary/aromatic N) is 4. The average molecular weight is 332 g/mol. The molecule has 1 saturated heterocycles. The summed E-state index contributed by atoms with van der Waals surface area (Å²) in [5.41, 5.74) is 2.26. The fraction of sp³-hybridized carbons (Fsp3) is 0.562. The third-order valence-electron chi connectivity index (χ3n) is 4.53. The van der Waals surface area contributed by atoms with Crippen molar-refractivity contribution in [2.75, 3.05) is 19.6 Å². The molecule has 0 unspecified atom stereocenters. The molecule has 6 nitrogen and oxygen atoms in total. The maximum atomic E-state index is 12.4. The van der Waals surface area contributed by atoms with E-state index < -0.39 is 0 Å². The normalized spacial score (nSPS) is 22.5. The van der Waals surface area contributed by atoms with Crippen molar-refractivity contribution in [1.29, 1.82) is 0 Å². The number of piperazine rings is 1. The van der Waals surface area contributed by atoms with Crippen LogP contribution in [0.3, 0.4) is 0 Å². The highest BCUT2D eigenvalue weighted by Crippen LogP contribution is 2.40.